The number of rotatable bonds is 2. The molecule has 0 atom stereocenters. The van der Waals surface area contributed by atoms with Gasteiger partial charge in [0, 0.05) is 5.54 Å². The normalized spacial score (nSPS) is 29.3. The van der Waals surface area contributed by atoms with E-state index in [4.69, 9.17) is 0 Å². The Morgan fingerprint density at radius 2 is 1.54 bits per heavy atom. The molecule has 2 aliphatic rings. The molecule has 0 aromatic rings. The minimum atomic E-state index is 0.639. The summed E-state index contributed by atoms with van der Waals surface area (Å²) in [6.07, 6.45) is 11.6. The van der Waals surface area contributed by atoms with Crippen LogP contribution in [0.1, 0.15) is 58.3 Å². The van der Waals surface area contributed by atoms with Crippen LogP contribution in [0.5, 0.6) is 0 Å². The monoisotopic (exact) mass is 181 g/mol. The van der Waals surface area contributed by atoms with E-state index < -0.39 is 0 Å². The van der Waals surface area contributed by atoms with Gasteiger partial charge in [-0.05, 0) is 45.2 Å². The van der Waals surface area contributed by atoms with Crippen LogP contribution in [-0.2, 0) is 0 Å². The molecular weight excluding hydrogens is 158 g/mol. The number of hydrogen-bond acceptors (Lipinski definition) is 1. The lowest BCUT2D eigenvalue weighted by Crippen LogP contribution is -2.48. The van der Waals surface area contributed by atoms with E-state index in [0.717, 1.165) is 0 Å². The second-order valence-electron chi connectivity index (χ2n) is 4.83. The summed E-state index contributed by atoms with van der Waals surface area (Å²) in [5.41, 5.74) is 0.639. The van der Waals surface area contributed by atoms with E-state index in [2.05, 4.69) is 11.8 Å². The molecule has 1 aliphatic carbocycles. The molecular formula is C12H23N. The Bertz CT molecular complexity index is 153. The lowest BCUT2D eigenvalue weighted by atomic mass is 9.90. The Balaban J connectivity index is 2.01. The van der Waals surface area contributed by atoms with Crippen LogP contribution in [0.4, 0.5) is 0 Å². The second-order valence-corrected chi connectivity index (χ2v) is 4.83. The van der Waals surface area contributed by atoms with Gasteiger partial charge in [-0.3, -0.25) is 4.90 Å². The highest BCUT2D eigenvalue weighted by Crippen LogP contribution is 2.39. The van der Waals surface area contributed by atoms with Crippen molar-refractivity contribution in [3.63, 3.8) is 0 Å². The number of nitrogens with zero attached hydrogens (tertiary/aromatic N) is 1. The predicted octanol–water partition coefficient (Wildman–Crippen LogP) is 3.20. The standard InChI is InChI=1S/C12H23N/c1-2-12(8-4-5-9-12)13-10-6-3-7-11-13/h2-11H2,1H3. The van der Waals surface area contributed by atoms with E-state index in [1.807, 2.05) is 0 Å². The molecule has 0 radical (unpaired) electrons. The zero-order valence-corrected chi connectivity index (χ0v) is 9.02. The van der Waals surface area contributed by atoms with E-state index in [1.165, 1.54) is 64.5 Å². The third-order valence-corrected chi connectivity index (χ3v) is 4.22. The molecule has 13 heavy (non-hydrogen) atoms. The van der Waals surface area contributed by atoms with Crippen LogP contribution in [0.15, 0.2) is 0 Å². The van der Waals surface area contributed by atoms with Crippen LogP contribution in [0.25, 0.3) is 0 Å². The molecule has 0 unspecified atom stereocenters. The molecule has 0 aromatic carbocycles. The van der Waals surface area contributed by atoms with Gasteiger partial charge < -0.3 is 0 Å². The molecule has 0 bridgehead atoms. The molecule has 2 fully saturated rings. The van der Waals surface area contributed by atoms with Crippen molar-refractivity contribution in [3.8, 4) is 0 Å². The SMILES string of the molecule is CCC1(N2CCCCC2)CCCC1. The third kappa shape index (κ3) is 1.76. The summed E-state index contributed by atoms with van der Waals surface area (Å²) in [5, 5.41) is 0. The molecule has 2 rings (SSSR count). The summed E-state index contributed by atoms with van der Waals surface area (Å²) in [7, 11) is 0. The van der Waals surface area contributed by atoms with Crippen LogP contribution in [0.3, 0.4) is 0 Å². The van der Waals surface area contributed by atoms with Gasteiger partial charge in [-0.15, -0.1) is 0 Å². The maximum Gasteiger partial charge on any atom is 0.0207 e. The third-order valence-electron chi connectivity index (χ3n) is 4.22. The van der Waals surface area contributed by atoms with Crippen molar-refractivity contribution in [2.75, 3.05) is 13.1 Å². The van der Waals surface area contributed by atoms with E-state index in [-0.39, 0.29) is 0 Å². The Labute approximate surface area is 82.5 Å². The fourth-order valence-electron chi connectivity index (χ4n) is 3.29. The topological polar surface area (TPSA) is 3.24 Å². The van der Waals surface area contributed by atoms with E-state index in [9.17, 15) is 0 Å². The molecule has 1 saturated carbocycles. The minimum Gasteiger partial charge on any atom is -0.298 e. The number of hydrogen-bond donors (Lipinski definition) is 0. The first-order chi connectivity index (χ1) is 6.37. The first-order valence-electron chi connectivity index (χ1n) is 6.12. The minimum absolute atomic E-state index is 0.639. The molecule has 0 spiro atoms. The first-order valence-corrected chi connectivity index (χ1v) is 6.12. The summed E-state index contributed by atoms with van der Waals surface area (Å²) in [5.74, 6) is 0. The van der Waals surface area contributed by atoms with Gasteiger partial charge >= 0.3 is 0 Å². The highest BCUT2D eigenvalue weighted by molar-refractivity contribution is 4.94. The molecule has 0 aromatic heterocycles. The fraction of sp³-hybridized carbons (Fsp3) is 1.00. The van der Waals surface area contributed by atoms with Gasteiger partial charge in [0.1, 0.15) is 0 Å². The average molecular weight is 181 g/mol. The Hall–Kier alpha value is -0.0400. The lowest BCUT2D eigenvalue weighted by Gasteiger charge is -2.43. The summed E-state index contributed by atoms with van der Waals surface area (Å²) in [6.45, 7) is 5.15. The molecule has 0 N–H and O–H groups in total. The quantitative estimate of drug-likeness (QED) is 0.632. The van der Waals surface area contributed by atoms with Crippen LogP contribution in [0, 0.1) is 0 Å². The summed E-state index contributed by atoms with van der Waals surface area (Å²) in [6, 6.07) is 0. The largest absolute Gasteiger partial charge is 0.298 e. The van der Waals surface area contributed by atoms with Crippen molar-refractivity contribution in [2.45, 2.75) is 63.8 Å². The maximum atomic E-state index is 2.81. The van der Waals surface area contributed by atoms with Crippen molar-refractivity contribution >= 4 is 0 Å². The Morgan fingerprint density at radius 3 is 2.08 bits per heavy atom. The Kier molecular flexibility index (Phi) is 2.92. The van der Waals surface area contributed by atoms with Gasteiger partial charge in [-0.2, -0.15) is 0 Å². The van der Waals surface area contributed by atoms with Crippen LogP contribution < -0.4 is 0 Å². The average Bonchev–Trinajstić information content (AvgIpc) is 2.69. The zero-order chi connectivity index (χ0) is 9.15. The predicted molar refractivity (Wildman–Crippen MR) is 56.9 cm³/mol. The fourth-order valence-corrected chi connectivity index (χ4v) is 3.29. The van der Waals surface area contributed by atoms with Crippen molar-refractivity contribution < 1.29 is 0 Å². The molecule has 1 heterocycles. The smallest absolute Gasteiger partial charge is 0.0207 e. The van der Waals surface area contributed by atoms with Crippen molar-refractivity contribution in [1.82, 2.24) is 4.90 Å². The van der Waals surface area contributed by atoms with E-state index >= 15 is 0 Å². The lowest BCUT2D eigenvalue weighted by molar-refractivity contribution is 0.0671. The van der Waals surface area contributed by atoms with E-state index in [0.29, 0.717) is 5.54 Å². The van der Waals surface area contributed by atoms with Gasteiger partial charge in [-0.1, -0.05) is 26.2 Å². The molecule has 76 valence electrons. The number of likely N-dealkylation sites (tertiary alicyclic amines) is 1. The van der Waals surface area contributed by atoms with Crippen LogP contribution >= 0.6 is 0 Å². The summed E-state index contributed by atoms with van der Waals surface area (Å²) >= 11 is 0. The van der Waals surface area contributed by atoms with Crippen molar-refractivity contribution in [3.05, 3.63) is 0 Å². The van der Waals surface area contributed by atoms with Crippen LogP contribution in [0.2, 0.25) is 0 Å². The van der Waals surface area contributed by atoms with Crippen molar-refractivity contribution in [2.24, 2.45) is 0 Å². The molecule has 1 nitrogen and oxygen atoms in total. The first kappa shape index (κ1) is 9.51. The molecule has 1 aliphatic heterocycles. The Morgan fingerprint density at radius 1 is 0.923 bits per heavy atom. The zero-order valence-electron chi connectivity index (χ0n) is 9.02. The molecule has 0 amide bonds. The van der Waals surface area contributed by atoms with Gasteiger partial charge in [0.2, 0.25) is 0 Å². The van der Waals surface area contributed by atoms with E-state index in [1.54, 1.807) is 0 Å². The van der Waals surface area contributed by atoms with Gasteiger partial charge in [0.15, 0.2) is 0 Å². The highest BCUT2D eigenvalue weighted by atomic mass is 15.2. The number of piperidine rings is 1. The molecule has 1 saturated heterocycles. The summed E-state index contributed by atoms with van der Waals surface area (Å²) in [4.78, 5) is 2.81. The summed E-state index contributed by atoms with van der Waals surface area (Å²) < 4.78 is 0. The van der Waals surface area contributed by atoms with Gasteiger partial charge in [0.05, 0.1) is 0 Å². The van der Waals surface area contributed by atoms with Gasteiger partial charge in [0.25, 0.3) is 0 Å². The maximum absolute atomic E-state index is 2.81. The van der Waals surface area contributed by atoms with Crippen LogP contribution in [-0.4, -0.2) is 23.5 Å². The highest BCUT2D eigenvalue weighted by Gasteiger charge is 2.37. The van der Waals surface area contributed by atoms with Gasteiger partial charge in [-0.25, -0.2) is 0 Å². The van der Waals surface area contributed by atoms with Crippen molar-refractivity contribution in [1.29, 1.82) is 0 Å². The second kappa shape index (κ2) is 4.00. The molecule has 1 heteroatoms.